The molecule has 2 aromatic heterocycles. The number of thioether (sulfide) groups is 1. The number of aromatic nitrogens is 2. The van der Waals surface area contributed by atoms with Gasteiger partial charge >= 0.3 is 0 Å². The Balaban J connectivity index is 1.53. The van der Waals surface area contributed by atoms with Crippen LogP contribution in [0.4, 0.5) is 4.39 Å². The van der Waals surface area contributed by atoms with E-state index in [0.29, 0.717) is 28.5 Å². The maximum Gasteiger partial charge on any atom is 0.263 e. The van der Waals surface area contributed by atoms with Gasteiger partial charge in [-0.2, -0.15) is 0 Å². The first-order chi connectivity index (χ1) is 15.5. The normalized spacial score (nSPS) is 11.1. The van der Waals surface area contributed by atoms with Crippen LogP contribution in [0, 0.1) is 5.82 Å². The highest BCUT2D eigenvalue weighted by Crippen LogP contribution is 2.31. The van der Waals surface area contributed by atoms with E-state index in [4.69, 9.17) is 0 Å². The molecule has 8 heteroatoms. The molecule has 4 aromatic rings. The van der Waals surface area contributed by atoms with Gasteiger partial charge in [0, 0.05) is 31.1 Å². The van der Waals surface area contributed by atoms with Crippen LogP contribution in [0.15, 0.2) is 69.9 Å². The van der Waals surface area contributed by atoms with Gasteiger partial charge in [-0.1, -0.05) is 54.2 Å². The molecule has 0 saturated carbocycles. The van der Waals surface area contributed by atoms with E-state index in [1.54, 1.807) is 24.1 Å². The number of hydrogen-bond donors (Lipinski definition) is 0. The molecule has 0 bridgehead atoms. The molecular formula is C24H22FN3O2S2. The van der Waals surface area contributed by atoms with Gasteiger partial charge in [0.25, 0.3) is 5.56 Å². The molecule has 2 aromatic carbocycles. The summed E-state index contributed by atoms with van der Waals surface area (Å²) in [6, 6.07) is 16.0. The zero-order valence-corrected chi connectivity index (χ0v) is 19.4. The van der Waals surface area contributed by atoms with E-state index in [1.807, 2.05) is 42.6 Å². The van der Waals surface area contributed by atoms with Gasteiger partial charge in [-0.05, 0) is 30.2 Å². The number of thiophene rings is 1. The first-order valence-electron chi connectivity index (χ1n) is 10.2. The van der Waals surface area contributed by atoms with E-state index in [2.05, 4.69) is 4.98 Å². The Labute approximate surface area is 193 Å². The number of rotatable bonds is 7. The molecule has 5 nitrogen and oxygen atoms in total. The summed E-state index contributed by atoms with van der Waals surface area (Å²) < 4.78 is 15.0. The molecule has 2 heterocycles. The summed E-state index contributed by atoms with van der Waals surface area (Å²) in [5.74, 6) is -0.266. The first kappa shape index (κ1) is 22.2. The van der Waals surface area contributed by atoms with Crippen molar-refractivity contribution < 1.29 is 9.18 Å². The van der Waals surface area contributed by atoms with Gasteiger partial charge in [0.15, 0.2) is 5.16 Å². The van der Waals surface area contributed by atoms with Crippen LogP contribution in [0.2, 0.25) is 0 Å². The van der Waals surface area contributed by atoms with Crippen molar-refractivity contribution in [2.75, 3.05) is 12.3 Å². The van der Waals surface area contributed by atoms with Gasteiger partial charge in [0.05, 0.1) is 11.1 Å². The highest BCUT2D eigenvalue weighted by atomic mass is 32.2. The average Bonchev–Trinajstić information content (AvgIpc) is 3.23. The third-order valence-electron chi connectivity index (χ3n) is 5.18. The molecule has 164 valence electrons. The zero-order valence-electron chi connectivity index (χ0n) is 17.7. The fraction of sp³-hybridized carbons (Fsp3) is 0.208. The van der Waals surface area contributed by atoms with E-state index in [9.17, 15) is 14.0 Å². The van der Waals surface area contributed by atoms with Crippen molar-refractivity contribution in [2.24, 2.45) is 7.05 Å². The summed E-state index contributed by atoms with van der Waals surface area (Å²) in [7, 11) is 1.68. The number of amides is 1. The predicted octanol–water partition coefficient (Wildman–Crippen LogP) is 4.94. The number of fused-ring (bicyclic) bond motifs is 1. The molecule has 0 aliphatic carbocycles. The minimum Gasteiger partial charge on any atom is -0.338 e. The van der Waals surface area contributed by atoms with Crippen LogP contribution >= 0.6 is 23.1 Å². The minimum atomic E-state index is -0.321. The number of halogens is 1. The summed E-state index contributed by atoms with van der Waals surface area (Å²) >= 11 is 2.67. The third kappa shape index (κ3) is 4.61. The second kappa shape index (κ2) is 9.67. The summed E-state index contributed by atoms with van der Waals surface area (Å²) in [6.07, 6.45) is 0. The lowest BCUT2D eigenvalue weighted by molar-refractivity contribution is -0.128. The van der Waals surface area contributed by atoms with Crippen molar-refractivity contribution in [3.63, 3.8) is 0 Å². The lowest BCUT2D eigenvalue weighted by Crippen LogP contribution is -2.32. The molecule has 0 saturated heterocycles. The number of carbonyl (C=O) groups is 1. The topological polar surface area (TPSA) is 55.2 Å². The van der Waals surface area contributed by atoms with Crippen LogP contribution in [0.3, 0.4) is 0 Å². The molecule has 32 heavy (non-hydrogen) atoms. The van der Waals surface area contributed by atoms with Crippen LogP contribution in [0.5, 0.6) is 0 Å². The molecule has 0 aliphatic heterocycles. The van der Waals surface area contributed by atoms with Gasteiger partial charge in [0.2, 0.25) is 5.91 Å². The van der Waals surface area contributed by atoms with Crippen molar-refractivity contribution in [1.82, 2.24) is 14.5 Å². The van der Waals surface area contributed by atoms with Crippen molar-refractivity contribution in [3.8, 4) is 11.1 Å². The molecule has 0 fully saturated rings. The Morgan fingerprint density at radius 1 is 1.19 bits per heavy atom. The van der Waals surface area contributed by atoms with E-state index in [-0.39, 0.29) is 23.0 Å². The molecule has 0 aliphatic rings. The SMILES string of the molecule is CCN(Cc1cccc(F)c1)C(=O)CSc1nc2scc(-c3ccccc3)c2c(=O)n1C. The molecule has 0 radical (unpaired) electrons. The smallest absolute Gasteiger partial charge is 0.263 e. The fourth-order valence-electron chi connectivity index (χ4n) is 3.46. The van der Waals surface area contributed by atoms with Crippen LogP contribution in [-0.2, 0) is 18.4 Å². The maximum absolute atomic E-state index is 13.5. The second-order valence-electron chi connectivity index (χ2n) is 7.28. The standard InChI is InChI=1S/C24H22FN3O2S2/c1-3-28(13-16-8-7-11-18(25)12-16)20(29)15-32-24-26-22-21(23(30)27(24)2)19(14-31-22)17-9-5-4-6-10-17/h4-12,14H,3,13,15H2,1-2H3. The van der Waals surface area contributed by atoms with Gasteiger partial charge < -0.3 is 4.90 Å². The van der Waals surface area contributed by atoms with Crippen LogP contribution in [-0.4, -0.2) is 32.7 Å². The van der Waals surface area contributed by atoms with Crippen LogP contribution in [0.25, 0.3) is 21.3 Å². The Kier molecular flexibility index (Phi) is 6.72. The van der Waals surface area contributed by atoms with Crippen LogP contribution in [0.1, 0.15) is 12.5 Å². The molecule has 0 atom stereocenters. The molecule has 4 rings (SSSR count). The zero-order chi connectivity index (χ0) is 22.7. The van der Waals surface area contributed by atoms with Crippen molar-refractivity contribution in [3.05, 3.63) is 81.7 Å². The van der Waals surface area contributed by atoms with Crippen LogP contribution < -0.4 is 5.56 Å². The Hall–Kier alpha value is -2.97. The molecule has 1 amide bonds. The van der Waals surface area contributed by atoms with E-state index >= 15 is 0 Å². The van der Waals surface area contributed by atoms with Gasteiger partial charge in [-0.3, -0.25) is 14.2 Å². The lowest BCUT2D eigenvalue weighted by atomic mass is 10.1. The summed E-state index contributed by atoms with van der Waals surface area (Å²) in [6.45, 7) is 2.73. The maximum atomic E-state index is 13.5. The van der Waals surface area contributed by atoms with Gasteiger partial charge in [-0.25, -0.2) is 9.37 Å². The van der Waals surface area contributed by atoms with Crippen molar-refractivity contribution in [1.29, 1.82) is 0 Å². The molecular weight excluding hydrogens is 445 g/mol. The van der Waals surface area contributed by atoms with Crippen molar-refractivity contribution >= 4 is 39.2 Å². The highest BCUT2D eigenvalue weighted by Gasteiger charge is 2.18. The fourth-order valence-corrected chi connectivity index (χ4v) is 5.33. The number of benzene rings is 2. The Morgan fingerprint density at radius 2 is 1.97 bits per heavy atom. The first-order valence-corrected chi connectivity index (χ1v) is 12.0. The van der Waals surface area contributed by atoms with Gasteiger partial charge in [0.1, 0.15) is 10.6 Å². The largest absolute Gasteiger partial charge is 0.338 e. The second-order valence-corrected chi connectivity index (χ2v) is 9.08. The monoisotopic (exact) mass is 467 g/mol. The van der Waals surface area contributed by atoms with Gasteiger partial charge in [-0.15, -0.1) is 11.3 Å². The Morgan fingerprint density at radius 3 is 2.69 bits per heavy atom. The summed E-state index contributed by atoms with van der Waals surface area (Å²) in [4.78, 5) is 32.9. The quantitative estimate of drug-likeness (QED) is 0.285. The predicted molar refractivity (Wildman–Crippen MR) is 129 cm³/mol. The molecule has 0 N–H and O–H groups in total. The third-order valence-corrected chi connectivity index (χ3v) is 7.07. The lowest BCUT2D eigenvalue weighted by Gasteiger charge is -2.21. The van der Waals surface area contributed by atoms with E-state index in [0.717, 1.165) is 16.7 Å². The van der Waals surface area contributed by atoms with E-state index < -0.39 is 0 Å². The Bertz CT molecular complexity index is 1320. The summed E-state index contributed by atoms with van der Waals surface area (Å²) in [5, 5.41) is 3.05. The number of carbonyl (C=O) groups excluding carboxylic acids is 1. The summed E-state index contributed by atoms with van der Waals surface area (Å²) in [5.41, 5.74) is 2.46. The molecule has 0 unspecified atom stereocenters. The van der Waals surface area contributed by atoms with Crippen molar-refractivity contribution in [2.45, 2.75) is 18.6 Å². The minimum absolute atomic E-state index is 0.0905. The molecule has 0 spiro atoms. The number of hydrogen-bond acceptors (Lipinski definition) is 5. The van der Waals surface area contributed by atoms with E-state index in [1.165, 1.54) is 39.8 Å². The number of nitrogens with zero attached hydrogens (tertiary/aromatic N) is 3. The average molecular weight is 468 g/mol. The highest BCUT2D eigenvalue weighted by molar-refractivity contribution is 7.99.